The topological polar surface area (TPSA) is 104 Å². The molecular formula is C24H30N6O4. The minimum Gasteiger partial charge on any atom is -0.490 e. The highest BCUT2D eigenvalue weighted by atomic mass is 16.5. The molecule has 0 saturated heterocycles. The molecule has 3 rings (SSSR count). The van der Waals surface area contributed by atoms with E-state index in [-0.39, 0.29) is 0 Å². The predicted molar refractivity (Wildman–Crippen MR) is 132 cm³/mol. The smallest absolute Gasteiger partial charge is 0.265 e. The van der Waals surface area contributed by atoms with Gasteiger partial charge in [-0.1, -0.05) is 0 Å². The summed E-state index contributed by atoms with van der Waals surface area (Å²) < 4.78 is 24.0. The number of nitrogens with zero attached hydrogens (tertiary/aromatic N) is 5. The fourth-order valence-electron chi connectivity index (χ4n) is 2.98. The van der Waals surface area contributed by atoms with Crippen LogP contribution in [0.15, 0.2) is 52.9 Å². The highest BCUT2D eigenvalue weighted by Crippen LogP contribution is 2.29. The van der Waals surface area contributed by atoms with Crippen LogP contribution in [0.4, 0.5) is 5.95 Å². The van der Waals surface area contributed by atoms with Gasteiger partial charge in [-0.05, 0) is 75.2 Å². The third-order valence-corrected chi connectivity index (χ3v) is 4.37. The fraction of sp³-hybridized carbons (Fsp3) is 0.333. The number of hydrazone groups is 1. The van der Waals surface area contributed by atoms with Crippen LogP contribution < -0.4 is 24.4 Å². The van der Waals surface area contributed by atoms with E-state index >= 15 is 0 Å². The number of hydrogen-bond acceptors (Lipinski definition) is 9. The second-order valence-corrected chi connectivity index (χ2v) is 6.76. The zero-order valence-electron chi connectivity index (χ0n) is 19.9. The Morgan fingerprint density at radius 3 is 1.85 bits per heavy atom. The van der Waals surface area contributed by atoms with Gasteiger partial charge in [0.15, 0.2) is 23.0 Å². The number of nitrogens with one attached hydrogen (secondary N) is 1. The minimum atomic E-state index is 0.361. The molecule has 0 radical (unpaired) electrons. The number of ether oxygens (including phenoxy) is 4. The van der Waals surface area contributed by atoms with E-state index in [0.29, 0.717) is 55.4 Å². The van der Waals surface area contributed by atoms with E-state index in [2.05, 4.69) is 25.8 Å². The maximum absolute atomic E-state index is 5.66. The summed E-state index contributed by atoms with van der Waals surface area (Å²) in [6.45, 7) is 9.93. The van der Waals surface area contributed by atoms with Crippen molar-refractivity contribution in [2.45, 2.75) is 27.7 Å². The second-order valence-electron chi connectivity index (χ2n) is 6.76. The first-order chi connectivity index (χ1) is 16.7. The van der Waals surface area contributed by atoms with E-state index in [1.54, 1.807) is 12.4 Å². The molecule has 0 aliphatic rings. The molecule has 0 saturated carbocycles. The number of benzene rings is 2. The molecule has 180 valence electrons. The van der Waals surface area contributed by atoms with Gasteiger partial charge < -0.3 is 18.9 Å². The minimum absolute atomic E-state index is 0.361. The third-order valence-electron chi connectivity index (χ3n) is 4.37. The summed E-state index contributed by atoms with van der Waals surface area (Å²) >= 11 is 0. The van der Waals surface area contributed by atoms with Crippen molar-refractivity contribution in [1.82, 2.24) is 14.9 Å². The maximum Gasteiger partial charge on any atom is 0.265 e. The third kappa shape index (κ3) is 6.71. The van der Waals surface area contributed by atoms with Crippen LogP contribution in [0.3, 0.4) is 0 Å². The SMILES string of the molecule is CCOc1ccc(/C=N\n2cnnc2N/N=C/c2ccc(OCC)c(OCC)c2)cc1OCC. The molecule has 34 heavy (non-hydrogen) atoms. The summed E-state index contributed by atoms with van der Waals surface area (Å²) in [5.74, 6) is 3.10. The van der Waals surface area contributed by atoms with Crippen molar-refractivity contribution in [3.63, 3.8) is 0 Å². The van der Waals surface area contributed by atoms with Gasteiger partial charge in [0, 0.05) is 0 Å². The molecule has 0 aliphatic carbocycles. The van der Waals surface area contributed by atoms with Crippen LogP contribution in [0, 0.1) is 0 Å². The van der Waals surface area contributed by atoms with Crippen LogP contribution in [-0.4, -0.2) is 53.7 Å². The summed E-state index contributed by atoms with van der Waals surface area (Å²) in [6.07, 6.45) is 4.82. The van der Waals surface area contributed by atoms with E-state index in [1.807, 2.05) is 64.1 Å². The van der Waals surface area contributed by atoms with Crippen LogP contribution in [-0.2, 0) is 0 Å². The molecule has 0 unspecified atom stereocenters. The quantitative estimate of drug-likeness (QED) is 0.297. The van der Waals surface area contributed by atoms with Gasteiger partial charge in [0.05, 0.1) is 38.9 Å². The summed E-state index contributed by atoms with van der Waals surface area (Å²) in [7, 11) is 0. The maximum atomic E-state index is 5.66. The molecule has 0 aliphatic heterocycles. The van der Waals surface area contributed by atoms with E-state index in [1.165, 1.54) is 11.0 Å². The van der Waals surface area contributed by atoms with Gasteiger partial charge >= 0.3 is 0 Å². The van der Waals surface area contributed by atoms with Gasteiger partial charge in [-0.15, -0.1) is 10.2 Å². The average Bonchev–Trinajstić information content (AvgIpc) is 3.28. The van der Waals surface area contributed by atoms with E-state index in [9.17, 15) is 0 Å². The molecule has 3 aromatic rings. The van der Waals surface area contributed by atoms with Crippen molar-refractivity contribution in [3.8, 4) is 23.0 Å². The molecule has 1 N–H and O–H groups in total. The van der Waals surface area contributed by atoms with Crippen molar-refractivity contribution >= 4 is 18.4 Å². The Labute approximate surface area is 199 Å². The lowest BCUT2D eigenvalue weighted by molar-refractivity contribution is 0.288. The summed E-state index contributed by atoms with van der Waals surface area (Å²) in [6, 6.07) is 11.2. The van der Waals surface area contributed by atoms with Crippen molar-refractivity contribution in [1.29, 1.82) is 0 Å². The monoisotopic (exact) mass is 466 g/mol. The van der Waals surface area contributed by atoms with Gasteiger partial charge in [-0.25, -0.2) is 5.43 Å². The van der Waals surface area contributed by atoms with Crippen molar-refractivity contribution in [2.24, 2.45) is 10.2 Å². The van der Waals surface area contributed by atoms with E-state index in [4.69, 9.17) is 18.9 Å². The lowest BCUT2D eigenvalue weighted by Crippen LogP contribution is -2.01. The molecule has 2 aromatic carbocycles. The first kappa shape index (κ1) is 24.6. The first-order valence-corrected chi connectivity index (χ1v) is 11.2. The summed E-state index contributed by atoms with van der Waals surface area (Å²) in [5.41, 5.74) is 4.54. The van der Waals surface area contributed by atoms with Crippen LogP contribution in [0.5, 0.6) is 23.0 Å². The molecule has 0 fully saturated rings. The van der Waals surface area contributed by atoms with Crippen molar-refractivity contribution in [3.05, 3.63) is 53.9 Å². The molecule has 1 aromatic heterocycles. The van der Waals surface area contributed by atoms with Gasteiger partial charge in [0.1, 0.15) is 6.33 Å². The molecule has 10 nitrogen and oxygen atoms in total. The normalized spacial score (nSPS) is 11.2. The molecule has 1 heterocycles. The van der Waals surface area contributed by atoms with Gasteiger partial charge in [-0.2, -0.15) is 14.9 Å². The Morgan fingerprint density at radius 1 is 0.765 bits per heavy atom. The van der Waals surface area contributed by atoms with Crippen molar-refractivity contribution in [2.75, 3.05) is 31.9 Å². The molecule has 0 atom stereocenters. The van der Waals surface area contributed by atoms with Crippen molar-refractivity contribution < 1.29 is 18.9 Å². The largest absolute Gasteiger partial charge is 0.490 e. The summed E-state index contributed by atoms with van der Waals surface area (Å²) in [4.78, 5) is 0. The number of aromatic nitrogens is 3. The standard InChI is InChI=1S/C24H30N6O4/c1-5-31-20-11-9-18(13-22(20)33-7-3)15-25-28-24-29-26-17-30(24)27-16-19-10-12-21(32-6-2)23(14-19)34-8-4/h9-17H,5-8H2,1-4H3,(H,28,29)/b25-15+,27-16-. The zero-order valence-corrected chi connectivity index (χ0v) is 19.9. The van der Waals surface area contributed by atoms with Crippen LogP contribution in [0.2, 0.25) is 0 Å². The van der Waals surface area contributed by atoms with Gasteiger partial charge in [0.25, 0.3) is 5.95 Å². The zero-order chi connectivity index (χ0) is 24.2. The predicted octanol–water partition coefficient (Wildman–Crippen LogP) is 4.20. The van der Waals surface area contributed by atoms with Crippen LogP contribution >= 0.6 is 0 Å². The van der Waals surface area contributed by atoms with Gasteiger partial charge in [-0.3, -0.25) is 0 Å². The van der Waals surface area contributed by atoms with Crippen LogP contribution in [0.1, 0.15) is 38.8 Å². The average molecular weight is 467 g/mol. The van der Waals surface area contributed by atoms with E-state index in [0.717, 1.165) is 11.1 Å². The highest BCUT2D eigenvalue weighted by Gasteiger charge is 2.07. The molecule has 0 bridgehead atoms. The number of hydrogen-bond donors (Lipinski definition) is 1. The molecule has 0 amide bonds. The lowest BCUT2D eigenvalue weighted by Gasteiger charge is -2.11. The fourth-order valence-corrected chi connectivity index (χ4v) is 2.98. The second kappa shape index (κ2) is 12.8. The first-order valence-electron chi connectivity index (χ1n) is 11.2. The van der Waals surface area contributed by atoms with Gasteiger partial charge in [0.2, 0.25) is 0 Å². The highest BCUT2D eigenvalue weighted by molar-refractivity contribution is 5.82. The van der Waals surface area contributed by atoms with E-state index < -0.39 is 0 Å². The molecule has 0 spiro atoms. The Balaban J connectivity index is 1.69. The summed E-state index contributed by atoms with van der Waals surface area (Å²) in [5, 5.41) is 16.6. The lowest BCUT2D eigenvalue weighted by atomic mass is 10.2. The Hall–Kier alpha value is -4.08. The molecule has 10 heteroatoms. The molecular weight excluding hydrogens is 436 g/mol. The number of anilines is 1. The Bertz CT molecular complexity index is 1110. The Morgan fingerprint density at radius 2 is 1.29 bits per heavy atom. The van der Waals surface area contributed by atoms with Crippen LogP contribution in [0.25, 0.3) is 0 Å². The Kier molecular flexibility index (Phi) is 9.27. The number of rotatable bonds is 13.